The topological polar surface area (TPSA) is 53.8 Å². The van der Waals surface area contributed by atoms with Crippen LogP contribution in [-0.4, -0.2) is 47.8 Å². The molecule has 0 unspecified atom stereocenters. The molecule has 25 heavy (non-hydrogen) atoms. The number of carbonyl (C=O) groups excluding carboxylic acids is 2. The lowest BCUT2D eigenvalue weighted by Crippen LogP contribution is -2.50. The summed E-state index contributed by atoms with van der Waals surface area (Å²) in [6.45, 7) is 6.50. The van der Waals surface area contributed by atoms with E-state index in [0.29, 0.717) is 43.4 Å². The molecule has 5 heteroatoms. The van der Waals surface area contributed by atoms with Gasteiger partial charge in [-0.25, -0.2) is 0 Å². The number of nitrogens with zero attached hydrogens (tertiary/aromatic N) is 2. The molecule has 0 saturated carbocycles. The van der Waals surface area contributed by atoms with E-state index < -0.39 is 0 Å². The van der Waals surface area contributed by atoms with Crippen LogP contribution in [0.15, 0.2) is 47.1 Å². The van der Waals surface area contributed by atoms with Gasteiger partial charge in [0.05, 0.1) is 6.26 Å². The van der Waals surface area contributed by atoms with Crippen LogP contribution in [0.1, 0.15) is 40.3 Å². The van der Waals surface area contributed by atoms with E-state index >= 15 is 0 Å². The van der Waals surface area contributed by atoms with Crippen molar-refractivity contribution < 1.29 is 14.0 Å². The molecule has 1 aromatic carbocycles. The molecule has 5 nitrogen and oxygen atoms in total. The largest absolute Gasteiger partial charge is 0.459 e. The summed E-state index contributed by atoms with van der Waals surface area (Å²) in [5.41, 5.74) is 1.96. The fraction of sp³-hybridized carbons (Fsp3) is 0.400. The molecule has 132 valence electrons. The Labute approximate surface area is 148 Å². The van der Waals surface area contributed by atoms with Crippen molar-refractivity contribution in [2.75, 3.05) is 26.2 Å². The number of benzene rings is 1. The van der Waals surface area contributed by atoms with Crippen molar-refractivity contribution in [2.24, 2.45) is 5.92 Å². The van der Waals surface area contributed by atoms with E-state index in [0.717, 1.165) is 6.42 Å². The molecule has 1 saturated heterocycles. The minimum atomic E-state index is -0.116. The zero-order chi connectivity index (χ0) is 17.8. The standard InChI is InChI=1S/C20H24N2O3/c1-15(2)14-16-5-7-17(8-6-16)19(23)21-9-11-22(12-10-21)20(24)18-4-3-13-25-18/h3-8,13,15H,9-12,14H2,1-2H3. The number of amides is 2. The maximum Gasteiger partial charge on any atom is 0.289 e. The van der Waals surface area contributed by atoms with Crippen molar-refractivity contribution >= 4 is 11.8 Å². The number of hydrogen-bond donors (Lipinski definition) is 0. The fourth-order valence-electron chi connectivity index (χ4n) is 3.11. The van der Waals surface area contributed by atoms with E-state index in [2.05, 4.69) is 13.8 Å². The van der Waals surface area contributed by atoms with Gasteiger partial charge in [0.25, 0.3) is 11.8 Å². The summed E-state index contributed by atoms with van der Waals surface area (Å²) in [4.78, 5) is 28.4. The van der Waals surface area contributed by atoms with E-state index in [-0.39, 0.29) is 11.8 Å². The van der Waals surface area contributed by atoms with Gasteiger partial charge in [-0.15, -0.1) is 0 Å². The minimum absolute atomic E-state index is 0.0289. The molecular formula is C20H24N2O3. The van der Waals surface area contributed by atoms with Gasteiger partial charge in [-0.05, 0) is 42.2 Å². The van der Waals surface area contributed by atoms with E-state index in [1.165, 1.54) is 11.8 Å². The van der Waals surface area contributed by atoms with Crippen LogP contribution in [0.3, 0.4) is 0 Å². The number of carbonyl (C=O) groups is 2. The lowest BCUT2D eigenvalue weighted by Gasteiger charge is -2.34. The molecule has 0 radical (unpaired) electrons. The van der Waals surface area contributed by atoms with Crippen LogP contribution in [0.2, 0.25) is 0 Å². The Balaban J connectivity index is 1.57. The van der Waals surface area contributed by atoms with Gasteiger partial charge >= 0.3 is 0 Å². The van der Waals surface area contributed by atoms with Crippen LogP contribution in [0, 0.1) is 5.92 Å². The van der Waals surface area contributed by atoms with Crippen LogP contribution in [0.5, 0.6) is 0 Å². The van der Waals surface area contributed by atoms with Crippen molar-refractivity contribution in [3.8, 4) is 0 Å². The van der Waals surface area contributed by atoms with Crippen LogP contribution in [0.4, 0.5) is 0 Å². The second kappa shape index (κ2) is 7.55. The van der Waals surface area contributed by atoms with Gasteiger partial charge in [-0.1, -0.05) is 26.0 Å². The Hall–Kier alpha value is -2.56. The quantitative estimate of drug-likeness (QED) is 0.859. The highest BCUT2D eigenvalue weighted by molar-refractivity contribution is 5.95. The van der Waals surface area contributed by atoms with Crippen LogP contribution < -0.4 is 0 Å². The van der Waals surface area contributed by atoms with Crippen LogP contribution in [-0.2, 0) is 6.42 Å². The smallest absolute Gasteiger partial charge is 0.289 e. The zero-order valence-corrected chi connectivity index (χ0v) is 14.8. The molecule has 1 fully saturated rings. The van der Waals surface area contributed by atoms with Gasteiger partial charge in [0, 0.05) is 31.7 Å². The fourth-order valence-corrected chi connectivity index (χ4v) is 3.11. The lowest BCUT2D eigenvalue weighted by atomic mass is 10.0. The number of piperazine rings is 1. The average molecular weight is 340 g/mol. The van der Waals surface area contributed by atoms with Gasteiger partial charge in [0.1, 0.15) is 0 Å². The predicted octanol–water partition coefficient (Wildman–Crippen LogP) is 3.08. The van der Waals surface area contributed by atoms with E-state index in [9.17, 15) is 9.59 Å². The Morgan fingerprint density at radius 3 is 2.08 bits per heavy atom. The van der Waals surface area contributed by atoms with Gasteiger partial charge in [-0.3, -0.25) is 9.59 Å². The van der Waals surface area contributed by atoms with E-state index in [1.807, 2.05) is 29.2 Å². The van der Waals surface area contributed by atoms with Crippen molar-refractivity contribution in [1.82, 2.24) is 9.80 Å². The molecule has 0 bridgehead atoms. The highest BCUT2D eigenvalue weighted by Crippen LogP contribution is 2.14. The maximum atomic E-state index is 12.6. The first-order valence-electron chi connectivity index (χ1n) is 8.75. The molecule has 2 amide bonds. The van der Waals surface area contributed by atoms with Crippen LogP contribution >= 0.6 is 0 Å². The summed E-state index contributed by atoms with van der Waals surface area (Å²) < 4.78 is 5.16. The third-order valence-electron chi connectivity index (χ3n) is 4.43. The first-order chi connectivity index (χ1) is 12.0. The van der Waals surface area contributed by atoms with Crippen molar-refractivity contribution in [1.29, 1.82) is 0 Å². The van der Waals surface area contributed by atoms with E-state index in [4.69, 9.17) is 4.42 Å². The van der Waals surface area contributed by atoms with Gasteiger partial charge in [0.15, 0.2) is 5.76 Å². The average Bonchev–Trinajstić information content (AvgIpc) is 3.15. The SMILES string of the molecule is CC(C)Cc1ccc(C(=O)N2CCN(C(=O)c3ccco3)CC2)cc1. The number of hydrogen-bond acceptors (Lipinski definition) is 3. The highest BCUT2D eigenvalue weighted by Gasteiger charge is 2.26. The molecule has 3 rings (SSSR count). The monoisotopic (exact) mass is 340 g/mol. The first-order valence-corrected chi connectivity index (χ1v) is 8.75. The van der Waals surface area contributed by atoms with Gasteiger partial charge in [0.2, 0.25) is 0 Å². The Kier molecular flexibility index (Phi) is 5.22. The molecule has 0 N–H and O–H groups in total. The molecule has 1 aromatic heterocycles. The molecular weight excluding hydrogens is 316 g/mol. The van der Waals surface area contributed by atoms with E-state index in [1.54, 1.807) is 17.0 Å². The summed E-state index contributed by atoms with van der Waals surface area (Å²) in [5.74, 6) is 0.859. The van der Waals surface area contributed by atoms with Crippen molar-refractivity contribution in [3.05, 3.63) is 59.5 Å². The van der Waals surface area contributed by atoms with Gasteiger partial charge < -0.3 is 14.2 Å². The summed E-state index contributed by atoms with van der Waals surface area (Å²) in [6.07, 6.45) is 2.51. The molecule has 1 aliphatic rings. The summed E-state index contributed by atoms with van der Waals surface area (Å²) in [6, 6.07) is 11.2. The third kappa shape index (κ3) is 4.10. The maximum absolute atomic E-state index is 12.6. The number of furan rings is 1. The molecule has 0 aliphatic carbocycles. The first kappa shape index (κ1) is 17.3. The normalized spacial score (nSPS) is 14.8. The minimum Gasteiger partial charge on any atom is -0.459 e. The Bertz CT molecular complexity index is 712. The second-order valence-electron chi connectivity index (χ2n) is 6.86. The molecule has 1 aliphatic heterocycles. The molecule has 2 aromatic rings. The zero-order valence-electron chi connectivity index (χ0n) is 14.8. The molecule has 0 spiro atoms. The third-order valence-corrected chi connectivity index (χ3v) is 4.43. The van der Waals surface area contributed by atoms with Gasteiger partial charge in [-0.2, -0.15) is 0 Å². The molecule has 2 heterocycles. The lowest BCUT2D eigenvalue weighted by molar-refractivity contribution is 0.0518. The number of rotatable bonds is 4. The summed E-state index contributed by atoms with van der Waals surface area (Å²) in [7, 11) is 0. The Morgan fingerprint density at radius 1 is 0.960 bits per heavy atom. The summed E-state index contributed by atoms with van der Waals surface area (Å²) in [5, 5.41) is 0. The Morgan fingerprint density at radius 2 is 1.56 bits per heavy atom. The van der Waals surface area contributed by atoms with Crippen LogP contribution in [0.25, 0.3) is 0 Å². The summed E-state index contributed by atoms with van der Waals surface area (Å²) >= 11 is 0. The van der Waals surface area contributed by atoms with Crippen molar-refractivity contribution in [3.63, 3.8) is 0 Å². The van der Waals surface area contributed by atoms with Crippen molar-refractivity contribution in [2.45, 2.75) is 20.3 Å². The second-order valence-corrected chi connectivity index (χ2v) is 6.86. The molecule has 0 atom stereocenters. The highest BCUT2D eigenvalue weighted by atomic mass is 16.3. The predicted molar refractivity (Wildman–Crippen MR) is 95.5 cm³/mol.